The smallest absolute Gasteiger partial charge is 0.453 e. The second-order valence-corrected chi connectivity index (χ2v) is 6.42. The lowest BCUT2D eigenvalue weighted by Crippen LogP contribution is -2.22. The van der Waals surface area contributed by atoms with Crippen LogP contribution in [0.15, 0.2) is 24.3 Å². The molecule has 25 heavy (non-hydrogen) atoms. The molecule has 0 saturated heterocycles. The molecule has 0 aliphatic carbocycles. The van der Waals surface area contributed by atoms with Crippen LogP contribution in [0, 0.1) is 0 Å². The molecule has 0 bridgehead atoms. The number of tetrazole rings is 1. The SMILES string of the molecule is CC(C)(C)OC(=O)/C=C/c1cc(Cl)ccc1-n1nnnc1C(F)(F)F. The van der Waals surface area contributed by atoms with E-state index in [4.69, 9.17) is 16.3 Å². The van der Waals surface area contributed by atoms with Crippen LogP contribution in [0.5, 0.6) is 0 Å². The van der Waals surface area contributed by atoms with Crippen LogP contribution in [-0.4, -0.2) is 31.8 Å². The maximum atomic E-state index is 13.0. The molecule has 0 amide bonds. The van der Waals surface area contributed by atoms with E-state index in [0.29, 0.717) is 4.68 Å². The Kier molecular flexibility index (Phi) is 5.17. The first-order valence-electron chi connectivity index (χ1n) is 7.04. The van der Waals surface area contributed by atoms with E-state index in [0.717, 1.165) is 6.08 Å². The highest BCUT2D eigenvalue weighted by Crippen LogP contribution is 2.30. The van der Waals surface area contributed by atoms with Crippen LogP contribution in [0.1, 0.15) is 32.2 Å². The molecule has 0 spiro atoms. The molecule has 2 aromatic rings. The minimum Gasteiger partial charge on any atom is -0.457 e. The number of nitrogens with zero attached hydrogens (tertiary/aromatic N) is 4. The maximum absolute atomic E-state index is 13.0. The van der Waals surface area contributed by atoms with E-state index in [1.807, 2.05) is 0 Å². The molecule has 1 aromatic heterocycles. The fourth-order valence-electron chi connectivity index (χ4n) is 1.87. The van der Waals surface area contributed by atoms with E-state index >= 15 is 0 Å². The lowest BCUT2D eigenvalue weighted by molar-refractivity contribution is -0.148. The van der Waals surface area contributed by atoms with Crippen molar-refractivity contribution in [1.29, 1.82) is 0 Å². The van der Waals surface area contributed by atoms with Gasteiger partial charge in [0.1, 0.15) is 5.60 Å². The zero-order chi connectivity index (χ0) is 18.8. The van der Waals surface area contributed by atoms with Gasteiger partial charge in [-0.1, -0.05) is 11.6 Å². The van der Waals surface area contributed by atoms with E-state index in [2.05, 4.69) is 15.5 Å². The zero-order valence-corrected chi connectivity index (χ0v) is 14.3. The lowest BCUT2D eigenvalue weighted by Gasteiger charge is -2.18. The third kappa shape index (κ3) is 5.02. The standard InChI is InChI=1S/C15H14ClF3N4O2/c1-14(2,3)25-12(24)7-4-9-8-10(16)5-6-11(9)23-13(15(17,18)19)20-21-22-23/h4-8H,1-3H3/b7-4+. The summed E-state index contributed by atoms with van der Waals surface area (Å²) in [4.78, 5) is 11.8. The third-order valence-electron chi connectivity index (χ3n) is 2.75. The molecule has 10 heteroatoms. The van der Waals surface area contributed by atoms with E-state index in [-0.39, 0.29) is 16.3 Å². The lowest BCUT2D eigenvalue weighted by atomic mass is 10.1. The minimum absolute atomic E-state index is 0.0153. The van der Waals surface area contributed by atoms with Gasteiger partial charge >= 0.3 is 12.1 Å². The minimum atomic E-state index is -4.74. The number of rotatable bonds is 3. The van der Waals surface area contributed by atoms with Crippen molar-refractivity contribution in [3.63, 3.8) is 0 Å². The number of benzene rings is 1. The summed E-state index contributed by atoms with van der Waals surface area (Å²) in [5.41, 5.74) is -0.463. The summed E-state index contributed by atoms with van der Waals surface area (Å²) in [5, 5.41) is 9.71. The Morgan fingerprint density at radius 2 is 1.96 bits per heavy atom. The molecule has 0 fully saturated rings. The summed E-state index contributed by atoms with van der Waals surface area (Å²) in [6.45, 7) is 5.08. The van der Waals surface area contributed by atoms with Gasteiger partial charge in [0.25, 0.3) is 5.82 Å². The predicted octanol–water partition coefficient (Wildman–Crippen LogP) is 3.69. The van der Waals surface area contributed by atoms with Gasteiger partial charge in [0, 0.05) is 16.7 Å². The maximum Gasteiger partial charge on any atom is 0.453 e. The van der Waals surface area contributed by atoms with Crippen LogP contribution in [-0.2, 0) is 15.7 Å². The monoisotopic (exact) mass is 374 g/mol. The molecule has 0 N–H and O–H groups in total. The highest BCUT2D eigenvalue weighted by atomic mass is 35.5. The van der Waals surface area contributed by atoms with Crippen LogP contribution in [0.3, 0.4) is 0 Å². The summed E-state index contributed by atoms with van der Waals surface area (Å²) < 4.78 is 44.6. The Bertz CT molecular complexity index is 810. The number of ether oxygens (including phenoxy) is 1. The topological polar surface area (TPSA) is 69.9 Å². The van der Waals surface area contributed by atoms with Gasteiger partial charge in [-0.25, -0.2) is 4.79 Å². The molecule has 6 nitrogen and oxygen atoms in total. The van der Waals surface area contributed by atoms with Crippen LogP contribution < -0.4 is 0 Å². The number of aromatic nitrogens is 4. The first kappa shape index (κ1) is 18.9. The molecule has 0 atom stereocenters. The van der Waals surface area contributed by atoms with E-state index < -0.39 is 23.6 Å². The first-order chi connectivity index (χ1) is 11.5. The van der Waals surface area contributed by atoms with E-state index in [1.165, 1.54) is 24.3 Å². The van der Waals surface area contributed by atoms with Crippen molar-refractivity contribution >= 4 is 23.6 Å². The van der Waals surface area contributed by atoms with Crippen molar-refractivity contribution in [2.45, 2.75) is 32.5 Å². The molecule has 0 unspecified atom stereocenters. The second-order valence-electron chi connectivity index (χ2n) is 5.98. The number of hydrogen-bond acceptors (Lipinski definition) is 5. The number of alkyl halides is 3. The molecular weight excluding hydrogens is 361 g/mol. The third-order valence-corrected chi connectivity index (χ3v) is 2.98. The van der Waals surface area contributed by atoms with Crippen molar-refractivity contribution in [2.24, 2.45) is 0 Å². The Labute approximate surface area is 146 Å². The quantitative estimate of drug-likeness (QED) is 0.605. The van der Waals surface area contributed by atoms with Gasteiger partial charge in [0.15, 0.2) is 0 Å². The van der Waals surface area contributed by atoms with Crippen molar-refractivity contribution in [3.05, 3.63) is 40.7 Å². The van der Waals surface area contributed by atoms with Gasteiger partial charge in [-0.05, 0) is 55.5 Å². The van der Waals surface area contributed by atoms with Gasteiger partial charge in [0.05, 0.1) is 5.69 Å². The average Bonchev–Trinajstić information content (AvgIpc) is 2.92. The summed E-state index contributed by atoms with van der Waals surface area (Å²) >= 11 is 5.90. The fraction of sp³-hybridized carbons (Fsp3) is 0.333. The van der Waals surface area contributed by atoms with Crippen molar-refractivity contribution in [3.8, 4) is 5.69 Å². The summed E-state index contributed by atoms with van der Waals surface area (Å²) in [5.74, 6) is -1.94. The Morgan fingerprint density at radius 1 is 1.28 bits per heavy atom. The van der Waals surface area contributed by atoms with Crippen LogP contribution >= 0.6 is 11.6 Å². The van der Waals surface area contributed by atoms with Crippen LogP contribution in [0.4, 0.5) is 13.2 Å². The van der Waals surface area contributed by atoms with Crippen molar-refractivity contribution < 1.29 is 22.7 Å². The predicted molar refractivity (Wildman–Crippen MR) is 84.0 cm³/mol. The average molecular weight is 375 g/mol. The molecular formula is C15H14ClF3N4O2. The van der Waals surface area contributed by atoms with E-state index in [1.54, 1.807) is 20.8 Å². The normalized spacial score (nSPS) is 12.6. The van der Waals surface area contributed by atoms with Gasteiger partial charge in [0.2, 0.25) is 0 Å². The fourth-order valence-corrected chi connectivity index (χ4v) is 2.05. The number of esters is 1. The van der Waals surface area contributed by atoms with Crippen molar-refractivity contribution in [2.75, 3.05) is 0 Å². The summed E-state index contributed by atoms with van der Waals surface area (Å²) in [6.07, 6.45) is -2.36. The molecule has 0 radical (unpaired) electrons. The van der Waals surface area contributed by atoms with E-state index in [9.17, 15) is 18.0 Å². The highest BCUT2D eigenvalue weighted by molar-refractivity contribution is 6.30. The van der Waals surface area contributed by atoms with Crippen LogP contribution in [0.2, 0.25) is 5.02 Å². The summed E-state index contributed by atoms with van der Waals surface area (Å²) in [7, 11) is 0. The molecule has 1 heterocycles. The first-order valence-corrected chi connectivity index (χ1v) is 7.42. The molecule has 0 aliphatic rings. The van der Waals surface area contributed by atoms with Gasteiger partial charge in [-0.15, -0.1) is 5.10 Å². The zero-order valence-electron chi connectivity index (χ0n) is 13.5. The number of hydrogen-bond donors (Lipinski definition) is 0. The summed E-state index contributed by atoms with van der Waals surface area (Å²) in [6, 6.07) is 4.10. The number of carbonyl (C=O) groups is 1. The van der Waals surface area contributed by atoms with Gasteiger partial charge < -0.3 is 4.74 Å². The van der Waals surface area contributed by atoms with Gasteiger partial charge in [-0.3, -0.25) is 0 Å². The molecule has 0 aliphatic heterocycles. The Balaban J connectivity index is 2.43. The van der Waals surface area contributed by atoms with Crippen molar-refractivity contribution in [1.82, 2.24) is 20.2 Å². The van der Waals surface area contributed by atoms with Crippen LogP contribution in [0.25, 0.3) is 11.8 Å². The number of halogens is 4. The highest BCUT2D eigenvalue weighted by Gasteiger charge is 2.38. The second kappa shape index (κ2) is 6.83. The Hall–Kier alpha value is -2.42. The molecule has 2 rings (SSSR count). The Morgan fingerprint density at radius 3 is 2.56 bits per heavy atom. The van der Waals surface area contributed by atoms with Gasteiger partial charge in [-0.2, -0.15) is 17.9 Å². The molecule has 134 valence electrons. The molecule has 0 saturated carbocycles. The number of carbonyl (C=O) groups excluding carboxylic acids is 1. The molecule has 1 aromatic carbocycles. The largest absolute Gasteiger partial charge is 0.457 e.